The van der Waals surface area contributed by atoms with Crippen LogP contribution in [0.25, 0.3) is 11.2 Å². The molecule has 0 spiro atoms. The lowest BCUT2D eigenvalue weighted by molar-refractivity contribution is -0.118. The van der Waals surface area contributed by atoms with Gasteiger partial charge in [0.25, 0.3) is 5.56 Å². The third-order valence-electron chi connectivity index (χ3n) is 4.10. The van der Waals surface area contributed by atoms with Gasteiger partial charge in [-0.25, -0.2) is 9.78 Å². The number of benzene rings is 1. The average Bonchev–Trinajstić information content (AvgIpc) is 3.01. The van der Waals surface area contributed by atoms with Crippen LogP contribution in [0.1, 0.15) is 13.0 Å². The van der Waals surface area contributed by atoms with Crippen LogP contribution in [-0.2, 0) is 18.9 Å². The summed E-state index contributed by atoms with van der Waals surface area (Å²) in [5.41, 5.74) is -0.196. The van der Waals surface area contributed by atoms with Crippen molar-refractivity contribution in [2.75, 3.05) is 5.32 Å². The van der Waals surface area contributed by atoms with E-state index in [2.05, 4.69) is 10.3 Å². The Hall–Kier alpha value is -2.58. The molecule has 0 saturated carbocycles. The van der Waals surface area contributed by atoms with E-state index >= 15 is 0 Å². The summed E-state index contributed by atoms with van der Waals surface area (Å²) in [7, 11) is 2.89. The minimum Gasteiger partial charge on any atom is -0.324 e. The summed E-state index contributed by atoms with van der Waals surface area (Å²) in [6.07, 6.45) is 1.36. The van der Waals surface area contributed by atoms with Gasteiger partial charge in [-0.1, -0.05) is 23.2 Å². The minimum atomic E-state index is -0.761. The topological polar surface area (TPSA) is 90.9 Å². The molecule has 0 bridgehead atoms. The van der Waals surface area contributed by atoms with Crippen LogP contribution in [0.5, 0.6) is 0 Å². The number of hydrogen-bond donors (Lipinski definition) is 1. The first-order valence-corrected chi connectivity index (χ1v) is 8.36. The maximum absolute atomic E-state index is 12.6. The van der Waals surface area contributed by atoms with Crippen LogP contribution in [-0.4, -0.2) is 24.6 Å². The van der Waals surface area contributed by atoms with E-state index in [4.69, 9.17) is 23.2 Å². The van der Waals surface area contributed by atoms with Crippen LogP contribution in [0.15, 0.2) is 34.1 Å². The molecule has 10 heteroatoms. The zero-order chi connectivity index (χ0) is 19.2. The van der Waals surface area contributed by atoms with Crippen LogP contribution >= 0.6 is 23.2 Å². The molecular formula is C16H15Cl2N5O3. The van der Waals surface area contributed by atoms with E-state index in [9.17, 15) is 14.4 Å². The third kappa shape index (κ3) is 3.02. The number of nitrogens with one attached hydrogen (secondary N) is 1. The Bertz CT molecular complexity index is 1120. The fourth-order valence-corrected chi connectivity index (χ4v) is 3.18. The molecule has 2 aromatic heterocycles. The molecule has 0 aliphatic heterocycles. The Morgan fingerprint density at radius 3 is 2.35 bits per heavy atom. The smallest absolute Gasteiger partial charge is 0.324 e. The molecule has 8 nitrogen and oxygen atoms in total. The zero-order valence-corrected chi connectivity index (χ0v) is 15.7. The number of fused-ring (bicyclic) bond motifs is 1. The lowest BCUT2D eigenvalue weighted by atomic mass is 10.2. The molecule has 0 fully saturated rings. The van der Waals surface area contributed by atoms with Crippen molar-refractivity contribution in [1.29, 1.82) is 0 Å². The van der Waals surface area contributed by atoms with E-state index < -0.39 is 23.2 Å². The van der Waals surface area contributed by atoms with Gasteiger partial charge in [-0.05, 0) is 25.1 Å². The Labute approximate surface area is 157 Å². The van der Waals surface area contributed by atoms with Gasteiger partial charge in [0.2, 0.25) is 5.91 Å². The Balaban J connectivity index is 2.02. The number of nitrogens with zero attached hydrogens (tertiary/aromatic N) is 4. The van der Waals surface area contributed by atoms with Gasteiger partial charge in [-0.3, -0.25) is 18.7 Å². The molecule has 136 valence electrons. The van der Waals surface area contributed by atoms with Crippen molar-refractivity contribution in [2.24, 2.45) is 14.1 Å². The van der Waals surface area contributed by atoms with Crippen molar-refractivity contribution < 1.29 is 4.79 Å². The average molecular weight is 396 g/mol. The van der Waals surface area contributed by atoms with Gasteiger partial charge in [0.15, 0.2) is 11.2 Å². The number of aryl methyl sites for hydroxylation is 1. The SMILES string of the molecule is C[C@@H](C(=O)Nc1cc(Cl)cc(Cl)c1)n1cnc2c1c(=O)n(C)c(=O)n2C. The van der Waals surface area contributed by atoms with Crippen molar-refractivity contribution in [3.8, 4) is 0 Å². The molecule has 3 aromatic rings. The minimum absolute atomic E-state index is 0.168. The van der Waals surface area contributed by atoms with Gasteiger partial charge in [0.05, 0.1) is 6.33 Å². The molecule has 1 amide bonds. The number of carbonyl (C=O) groups excluding carboxylic acids is 1. The van der Waals surface area contributed by atoms with Crippen molar-refractivity contribution >= 4 is 46.0 Å². The Kier molecular flexibility index (Phi) is 4.64. The number of anilines is 1. The normalized spacial score (nSPS) is 12.3. The van der Waals surface area contributed by atoms with Crippen molar-refractivity contribution in [1.82, 2.24) is 18.7 Å². The van der Waals surface area contributed by atoms with Crippen LogP contribution in [0.4, 0.5) is 5.69 Å². The van der Waals surface area contributed by atoms with Crippen molar-refractivity contribution in [3.05, 3.63) is 55.4 Å². The monoisotopic (exact) mass is 395 g/mol. The van der Waals surface area contributed by atoms with Crippen LogP contribution in [0.3, 0.4) is 0 Å². The van der Waals surface area contributed by atoms with Crippen LogP contribution in [0.2, 0.25) is 10.0 Å². The quantitative estimate of drug-likeness (QED) is 0.733. The first kappa shape index (κ1) is 18.2. The van der Waals surface area contributed by atoms with Crippen molar-refractivity contribution in [3.63, 3.8) is 0 Å². The number of hydrogen-bond acceptors (Lipinski definition) is 4. The Morgan fingerprint density at radius 1 is 1.12 bits per heavy atom. The van der Waals surface area contributed by atoms with Gasteiger partial charge in [-0.15, -0.1) is 0 Å². The second kappa shape index (κ2) is 6.62. The summed E-state index contributed by atoms with van der Waals surface area (Å²) < 4.78 is 3.66. The number of aromatic nitrogens is 4. The highest BCUT2D eigenvalue weighted by molar-refractivity contribution is 6.35. The zero-order valence-electron chi connectivity index (χ0n) is 14.2. The molecule has 0 radical (unpaired) electrons. The number of rotatable bonds is 3. The molecule has 1 N–H and O–H groups in total. The second-order valence-electron chi connectivity index (χ2n) is 5.85. The highest BCUT2D eigenvalue weighted by Crippen LogP contribution is 2.23. The van der Waals surface area contributed by atoms with Gasteiger partial charge in [-0.2, -0.15) is 0 Å². The van der Waals surface area contributed by atoms with Crippen LogP contribution in [0, 0.1) is 0 Å². The first-order chi connectivity index (χ1) is 12.2. The number of imidazole rings is 1. The maximum atomic E-state index is 12.6. The predicted octanol–water partition coefficient (Wildman–Crippen LogP) is 1.94. The van der Waals surface area contributed by atoms with Crippen LogP contribution < -0.4 is 16.6 Å². The third-order valence-corrected chi connectivity index (χ3v) is 4.54. The summed E-state index contributed by atoms with van der Waals surface area (Å²) >= 11 is 11.9. The van der Waals surface area contributed by atoms with E-state index in [1.807, 2.05) is 0 Å². The van der Waals surface area contributed by atoms with Gasteiger partial charge < -0.3 is 9.88 Å². The highest BCUT2D eigenvalue weighted by Gasteiger charge is 2.22. The summed E-state index contributed by atoms with van der Waals surface area (Å²) in [4.78, 5) is 41.2. The predicted molar refractivity (Wildman–Crippen MR) is 100 cm³/mol. The molecule has 2 heterocycles. The largest absolute Gasteiger partial charge is 0.332 e. The Morgan fingerprint density at radius 2 is 1.73 bits per heavy atom. The van der Waals surface area contributed by atoms with E-state index in [0.717, 1.165) is 4.57 Å². The second-order valence-corrected chi connectivity index (χ2v) is 6.73. The molecule has 0 aliphatic carbocycles. The summed E-state index contributed by atoms with van der Waals surface area (Å²) in [6.45, 7) is 1.62. The molecule has 3 rings (SSSR count). The summed E-state index contributed by atoms with van der Waals surface area (Å²) in [6, 6.07) is 3.91. The van der Waals surface area contributed by atoms with E-state index in [1.54, 1.807) is 25.1 Å². The van der Waals surface area contributed by atoms with Gasteiger partial charge in [0.1, 0.15) is 6.04 Å². The van der Waals surface area contributed by atoms with Gasteiger partial charge in [0, 0.05) is 29.8 Å². The fourth-order valence-electron chi connectivity index (χ4n) is 2.66. The lowest BCUT2D eigenvalue weighted by Gasteiger charge is -2.15. The molecule has 0 saturated heterocycles. The first-order valence-electron chi connectivity index (χ1n) is 7.60. The maximum Gasteiger partial charge on any atom is 0.332 e. The van der Waals surface area contributed by atoms with E-state index in [0.29, 0.717) is 15.7 Å². The van der Waals surface area contributed by atoms with Gasteiger partial charge >= 0.3 is 5.69 Å². The standard InChI is InChI=1S/C16H15Cl2N5O3/c1-8(14(24)20-11-5-9(17)4-10(18)6-11)23-7-19-13-12(23)15(25)22(3)16(26)21(13)2/h4-8H,1-3H3,(H,20,24)/t8-/m0/s1. The molecular weight excluding hydrogens is 381 g/mol. The highest BCUT2D eigenvalue weighted by atomic mass is 35.5. The molecule has 1 atom stereocenters. The lowest BCUT2D eigenvalue weighted by Crippen LogP contribution is -2.38. The number of carbonyl (C=O) groups is 1. The molecule has 1 aromatic carbocycles. The molecule has 26 heavy (non-hydrogen) atoms. The summed E-state index contributed by atoms with van der Waals surface area (Å²) in [5.74, 6) is -0.390. The van der Waals surface area contributed by atoms with E-state index in [-0.39, 0.29) is 11.2 Å². The van der Waals surface area contributed by atoms with E-state index in [1.165, 1.54) is 29.6 Å². The fraction of sp³-hybridized carbons (Fsp3) is 0.250. The number of amides is 1. The molecule has 0 aliphatic rings. The number of halogens is 2. The summed E-state index contributed by atoms with van der Waals surface area (Å²) in [5, 5.41) is 3.48. The molecule has 0 unspecified atom stereocenters. The van der Waals surface area contributed by atoms with Crippen molar-refractivity contribution in [2.45, 2.75) is 13.0 Å².